The molecule has 0 aromatic carbocycles. The Hall–Kier alpha value is -0.830. The predicted molar refractivity (Wildman–Crippen MR) is 68.5 cm³/mol. The van der Waals surface area contributed by atoms with Gasteiger partial charge in [-0.2, -0.15) is 5.10 Å². The summed E-state index contributed by atoms with van der Waals surface area (Å²) in [5, 5.41) is 7.75. The van der Waals surface area contributed by atoms with Gasteiger partial charge in [0.25, 0.3) is 0 Å². The lowest BCUT2D eigenvalue weighted by Gasteiger charge is -2.13. The van der Waals surface area contributed by atoms with E-state index in [1.54, 1.807) is 0 Å². The van der Waals surface area contributed by atoms with E-state index in [2.05, 4.69) is 24.3 Å². The lowest BCUT2D eigenvalue weighted by atomic mass is 10.1. The summed E-state index contributed by atoms with van der Waals surface area (Å²) < 4.78 is 1.99. The summed E-state index contributed by atoms with van der Waals surface area (Å²) in [6, 6.07) is 2.63. The number of nitrogens with zero attached hydrogens (tertiary/aromatic N) is 2. The lowest BCUT2D eigenvalue weighted by molar-refractivity contribution is 0.463. The predicted octanol–water partition coefficient (Wildman–Crippen LogP) is 2.83. The van der Waals surface area contributed by atoms with E-state index in [0.717, 1.165) is 19.5 Å². The molecule has 1 aromatic rings. The molecule has 0 aliphatic rings. The van der Waals surface area contributed by atoms with Crippen LogP contribution in [0.5, 0.6) is 0 Å². The molecule has 3 heteroatoms. The van der Waals surface area contributed by atoms with Gasteiger partial charge in [0.15, 0.2) is 0 Å². The van der Waals surface area contributed by atoms with Gasteiger partial charge in [-0.1, -0.05) is 26.2 Å². The van der Waals surface area contributed by atoms with Crippen molar-refractivity contribution in [3.8, 4) is 0 Å². The molecule has 0 spiro atoms. The quantitative estimate of drug-likeness (QED) is 0.652. The summed E-state index contributed by atoms with van der Waals surface area (Å²) in [7, 11) is 0. The van der Waals surface area contributed by atoms with Gasteiger partial charge in [-0.05, 0) is 32.4 Å². The Bertz CT molecular complexity index is 244. The number of aryl methyl sites for hydroxylation is 1. The minimum absolute atomic E-state index is 0.657. The molecule has 0 aliphatic heterocycles. The number of nitrogens with one attached hydrogen (secondary N) is 1. The summed E-state index contributed by atoms with van der Waals surface area (Å²) in [5.74, 6) is 0. The molecule has 16 heavy (non-hydrogen) atoms. The third-order valence-electron chi connectivity index (χ3n) is 2.86. The Morgan fingerprint density at radius 3 is 2.88 bits per heavy atom. The van der Waals surface area contributed by atoms with Crippen molar-refractivity contribution in [1.82, 2.24) is 15.1 Å². The van der Waals surface area contributed by atoms with E-state index in [0.29, 0.717) is 6.04 Å². The number of hydrogen-bond acceptors (Lipinski definition) is 2. The highest BCUT2D eigenvalue weighted by atomic mass is 15.3. The van der Waals surface area contributed by atoms with E-state index in [9.17, 15) is 0 Å². The third kappa shape index (κ3) is 5.91. The first kappa shape index (κ1) is 13.2. The fourth-order valence-electron chi connectivity index (χ4n) is 1.82. The Labute approximate surface area is 99.2 Å². The van der Waals surface area contributed by atoms with Crippen LogP contribution in [0.1, 0.15) is 46.0 Å². The summed E-state index contributed by atoms with van der Waals surface area (Å²) in [6.45, 7) is 6.64. The number of rotatable bonds is 9. The molecule has 0 radical (unpaired) electrons. The highest BCUT2D eigenvalue weighted by Crippen LogP contribution is 2.02. The smallest absolute Gasteiger partial charge is 0.0489 e. The van der Waals surface area contributed by atoms with Gasteiger partial charge in [0.1, 0.15) is 0 Å². The SMILES string of the molecule is CCCCCC(C)NCCCn1cccn1. The number of aromatic nitrogens is 2. The molecule has 0 saturated carbocycles. The van der Waals surface area contributed by atoms with Crippen LogP contribution < -0.4 is 5.32 Å². The van der Waals surface area contributed by atoms with Crippen LogP contribution in [0.2, 0.25) is 0 Å². The van der Waals surface area contributed by atoms with Gasteiger partial charge >= 0.3 is 0 Å². The van der Waals surface area contributed by atoms with E-state index in [1.807, 2.05) is 23.1 Å². The van der Waals surface area contributed by atoms with Gasteiger partial charge in [-0.25, -0.2) is 0 Å². The second-order valence-corrected chi connectivity index (χ2v) is 4.47. The fourth-order valence-corrected chi connectivity index (χ4v) is 1.82. The Morgan fingerprint density at radius 1 is 1.31 bits per heavy atom. The van der Waals surface area contributed by atoms with Crippen molar-refractivity contribution in [2.24, 2.45) is 0 Å². The maximum Gasteiger partial charge on any atom is 0.0489 e. The first-order valence-electron chi connectivity index (χ1n) is 6.53. The van der Waals surface area contributed by atoms with Crippen LogP contribution in [0.25, 0.3) is 0 Å². The molecule has 92 valence electrons. The van der Waals surface area contributed by atoms with Crippen molar-refractivity contribution in [2.45, 2.75) is 58.5 Å². The van der Waals surface area contributed by atoms with Gasteiger partial charge in [0, 0.05) is 25.0 Å². The van der Waals surface area contributed by atoms with E-state index < -0.39 is 0 Å². The largest absolute Gasteiger partial charge is 0.314 e. The summed E-state index contributed by atoms with van der Waals surface area (Å²) in [4.78, 5) is 0. The zero-order valence-corrected chi connectivity index (χ0v) is 10.7. The standard InChI is InChI=1S/C13H25N3/c1-3-4-5-8-13(2)14-9-6-11-16-12-7-10-15-16/h7,10,12-14H,3-6,8-9,11H2,1-2H3. The summed E-state index contributed by atoms with van der Waals surface area (Å²) >= 11 is 0. The molecule has 0 bridgehead atoms. The third-order valence-corrected chi connectivity index (χ3v) is 2.86. The molecule has 3 nitrogen and oxygen atoms in total. The monoisotopic (exact) mass is 223 g/mol. The molecule has 0 fully saturated rings. The molecule has 1 atom stereocenters. The summed E-state index contributed by atoms with van der Waals surface area (Å²) in [6.07, 6.45) is 10.3. The van der Waals surface area contributed by atoms with Gasteiger partial charge in [0.2, 0.25) is 0 Å². The maximum atomic E-state index is 4.18. The van der Waals surface area contributed by atoms with Crippen molar-refractivity contribution < 1.29 is 0 Å². The van der Waals surface area contributed by atoms with Crippen molar-refractivity contribution in [3.05, 3.63) is 18.5 Å². The average Bonchev–Trinajstić information content (AvgIpc) is 2.78. The Morgan fingerprint density at radius 2 is 2.19 bits per heavy atom. The van der Waals surface area contributed by atoms with Gasteiger partial charge in [0.05, 0.1) is 0 Å². The molecule has 1 aromatic heterocycles. The first-order chi connectivity index (χ1) is 7.83. The van der Waals surface area contributed by atoms with Gasteiger partial charge < -0.3 is 5.32 Å². The van der Waals surface area contributed by atoms with Crippen molar-refractivity contribution in [2.75, 3.05) is 6.54 Å². The normalized spacial score (nSPS) is 12.9. The molecule has 1 heterocycles. The zero-order valence-electron chi connectivity index (χ0n) is 10.7. The summed E-state index contributed by atoms with van der Waals surface area (Å²) in [5.41, 5.74) is 0. The van der Waals surface area contributed by atoms with E-state index in [4.69, 9.17) is 0 Å². The molecule has 0 amide bonds. The van der Waals surface area contributed by atoms with Gasteiger partial charge in [-0.3, -0.25) is 4.68 Å². The second-order valence-electron chi connectivity index (χ2n) is 4.47. The second kappa shape index (κ2) is 8.34. The highest BCUT2D eigenvalue weighted by molar-refractivity contribution is 4.77. The molecule has 1 unspecified atom stereocenters. The topological polar surface area (TPSA) is 29.9 Å². The fraction of sp³-hybridized carbons (Fsp3) is 0.769. The highest BCUT2D eigenvalue weighted by Gasteiger charge is 2.00. The molecule has 1 N–H and O–H groups in total. The Balaban J connectivity index is 1.94. The van der Waals surface area contributed by atoms with Crippen LogP contribution in [0.4, 0.5) is 0 Å². The minimum atomic E-state index is 0.657. The Kier molecular flexibility index (Phi) is 6.90. The molecule has 0 aliphatic carbocycles. The average molecular weight is 223 g/mol. The van der Waals surface area contributed by atoms with Crippen LogP contribution in [0.15, 0.2) is 18.5 Å². The molecule has 1 rings (SSSR count). The van der Waals surface area contributed by atoms with Crippen LogP contribution in [-0.4, -0.2) is 22.4 Å². The van der Waals surface area contributed by atoms with E-state index in [-0.39, 0.29) is 0 Å². The van der Waals surface area contributed by atoms with Crippen LogP contribution >= 0.6 is 0 Å². The molecular formula is C13H25N3. The zero-order chi connectivity index (χ0) is 11.6. The van der Waals surface area contributed by atoms with E-state index in [1.165, 1.54) is 25.7 Å². The number of unbranched alkanes of at least 4 members (excludes halogenated alkanes) is 2. The number of hydrogen-bond donors (Lipinski definition) is 1. The first-order valence-corrected chi connectivity index (χ1v) is 6.53. The van der Waals surface area contributed by atoms with Crippen molar-refractivity contribution >= 4 is 0 Å². The van der Waals surface area contributed by atoms with Crippen LogP contribution in [-0.2, 0) is 6.54 Å². The van der Waals surface area contributed by atoms with Gasteiger partial charge in [-0.15, -0.1) is 0 Å². The van der Waals surface area contributed by atoms with Crippen molar-refractivity contribution in [3.63, 3.8) is 0 Å². The molecular weight excluding hydrogens is 198 g/mol. The minimum Gasteiger partial charge on any atom is -0.314 e. The maximum absolute atomic E-state index is 4.18. The van der Waals surface area contributed by atoms with Crippen LogP contribution in [0, 0.1) is 0 Å². The van der Waals surface area contributed by atoms with E-state index >= 15 is 0 Å². The molecule has 0 saturated heterocycles. The van der Waals surface area contributed by atoms with Crippen molar-refractivity contribution in [1.29, 1.82) is 0 Å². The lowest BCUT2D eigenvalue weighted by Crippen LogP contribution is -2.27. The van der Waals surface area contributed by atoms with Crippen LogP contribution in [0.3, 0.4) is 0 Å².